The Morgan fingerprint density at radius 1 is 1.05 bits per heavy atom. The largest absolute Gasteiger partial charge is 0.474 e. The number of primary amides is 1. The third-order valence-electron chi connectivity index (χ3n) is 9.07. The summed E-state index contributed by atoms with van der Waals surface area (Å²) in [6.07, 6.45) is 7.40. The van der Waals surface area contributed by atoms with E-state index in [0.29, 0.717) is 24.8 Å². The van der Waals surface area contributed by atoms with Gasteiger partial charge in [-0.05, 0) is 88.8 Å². The molecule has 0 radical (unpaired) electrons. The Balaban J connectivity index is 1.27. The van der Waals surface area contributed by atoms with Gasteiger partial charge in [0.25, 0.3) is 0 Å². The highest BCUT2D eigenvalue weighted by molar-refractivity contribution is 7.19. The van der Waals surface area contributed by atoms with Crippen molar-refractivity contribution < 1.29 is 9.53 Å². The van der Waals surface area contributed by atoms with Gasteiger partial charge in [-0.15, -0.1) is 11.3 Å². The zero-order valence-corrected chi connectivity index (χ0v) is 24.9. The molecule has 6 rings (SSSR count). The first-order valence-corrected chi connectivity index (χ1v) is 15.6. The lowest BCUT2D eigenvalue weighted by Crippen LogP contribution is -2.44. The summed E-state index contributed by atoms with van der Waals surface area (Å²) in [5.74, 6) is 1.38. The summed E-state index contributed by atoms with van der Waals surface area (Å²) in [7, 11) is 6.51. The number of piperazine rings is 1. The summed E-state index contributed by atoms with van der Waals surface area (Å²) in [6.45, 7) is 4.32. The quantitative estimate of drug-likeness (QED) is 0.441. The lowest BCUT2D eigenvalue weighted by molar-refractivity contribution is -0.118. The van der Waals surface area contributed by atoms with Gasteiger partial charge in [0.1, 0.15) is 16.8 Å². The minimum absolute atomic E-state index is 0.129. The Bertz CT molecular complexity index is 1340. The highest BCUT2D eigenvalue weighted by atomic mass is 32.1. The normalized spacial score (nSPS) is 23.6. The first kappa shape index (κ1) is 27.4. The molecule has 1 saturated carbocycles. The van der Waals surface area contributed by atoms with Gasteiger partial charge in [-0.25, -0.2) is 4.98 Å². The molecule has 1 aliphatic heterocycles. The average molecular weight is 563 g/mol. The van der Waals surface area contributed by atoms with E-state index in [-0.39, 0.29) is 17.9 Å². The second kappa shape index (κ2) is 11.6. The smallest absolute Gasteiger partial charge is 0.226 e. The van der Waals surface area contributed by atoms with Gasteiger partial charge in [0.15, 0.2) is 0 Å². The van der Waals surface area contributed by atoms with Crippen molar-refractivity contribution in [1.29, 1.82) is 0 Å². The molecule has 40 heavy (non-hydrogen) atoms. The van der Waals surface area contributed by atoms with Crippen LogP contribution in [0.2, 0.25) is 0 Å². The summed E-state index contributed by atoms with van der Waals surface area (Å²) in [4.78, 5) is 31.4. The SMILES string of the molecule is CN1CCN(c2ccc(Cc3nc(OC4CCC(N(C)C)CC4)c4c5c(sc4n3)CC[C@@H]5CC(N)=O)cc2)CC1. The van der Waals surface area contributed by atoms with E-state index in [0.717, 1.165) is 80.7 Å². The molecule has 3 aromatic rings. The number of nitrogens with two attached hydrogens (primary N) is 1. The molecule has 0 bridgehead atoms. The Labute approximate surface area is 241 Å². The van der Waals surface area contributed by atoms with Gasteiger partial charge in [0.05, 0.1) is 5.39 Å². The molecule has 2 fully saturated rings. The Morgan fingerprint density at radius 2 is 1.77 bits per heavy atom. The van der Waals surface area contributed by atoms with E-state index in [4.69, 9.17) is 20.4 Å². The van der Waals surface area contributed by atoms with Crippen LogP contribution in [-0.2, 0) is 17.6 Å². The molecule has 3 aliphatic rings. The summed E-state index contributed by atoms with van der Waals surface area (Å²) >= 11 is 1.74. The highest BCUT2D eigenvalue weighted by Gasteiger charge is 2.33. The molecule has 0 spiro atoms. The van der Waals surface area contributed by atoms with Crippen LogP contribution >= 0.6 is 11.3 Å². The van der Waals surface area contributed by atoms with Crippen LogP contribution in [0.3, 0.4) is 0 Å². The number of rotatable bonds is 8. The fourth-order valence-electron chi connectivity index (χ4n) is 6.67. The van der Waals surface area contributed by atoms with Crippen LogP contribution in [0.4, 0.5) is 5.69 Å². The van der Waals surface area contributed by atoms with Gasteiger partial charge in [-0.1, -0.05) is 12.1 Å². The number of likely N-dealkylation sites (N-methyl/N-ethyl adjacent to an activating group) is 1. The summed E-state index contributed by atoms with van der Waals surface area (Å²) in [5.41, 5.74) is 9.32. The number of ether oxygens (including phenoxy) is 1. The van der Waals surface area contributed by atoms with Crippen molar-refractivity contribution in [3.63, 3.8) is 0 Å². The van der Waals surface area contributed by atoms with Crippen LogP contribution in [0.25, 0.3) is 10.2 Å². The summed E-state index contributed by atoms with van der Waals surface area (Å²) in [5, 5.41) is 1.02. The van der Waals surface area contributed by atoms with Gasteiger partial charge >= 0.3 is 0 Å². The lowest BCUT2D eigenvalue weighted by atomic mass is 9.92. The minimum Gasteiger partial charge on any atom is -0.474 e. The number of hydrogen-bond donors (Lipinski definition) is 1. The predicted octanol–water partition coefficient (Wildman–Crippen LogP) is 4.19. The van der Waals surface area contributed by atoms with Crippen molar-refractivity contribution in [2.24, 2.45) is 5.73 Å². The third-order valence-corrected chi connectivity index (χ3v) is 10.2. The fraction of sp³-hybridized carbons (Fsp3) is 0.581. The molecule has 2 aliphatic carbocycles. The second-order valence-corrected chi connectivity index (χ2v) is 13.2. The van der Waals surface area contributed by atoms with E-state index in [1.54, 1.807) is 11.3 Å². The number of anilines is 1. The van der Waals surface area contributed by atoms with Gasteiger partial charge in [-0.3, -0.25) is 4.79 Å². The Kier molecular flexibility index (Phi) is 7.97. The lowest BCUT2D eigenvalue weighted by Gasteiger charge is -2.34. The number of carbonyl (C=O) groups excluding carboxylic acids is 1. The van der Waals surface area contributed by atoms with Gasteiger partial charge in [0.2, 0.25) is 11.8 Å². The van der Waals surface area contributed by atoms with Gasteiger partial charge in [-0.2, -0.15) is 4.98 Å². The Hall–Kier alpha value is -2.75. The van der Waals surface area contributed by atoms with E-state index in [1.165, 1.54) is 21.7 Å². The number of aromatic nitrogens is 2. The molecule has 1 saturated heterocycles. The van der Waals surface area contributed by atoms with Crippen LogP contribution in [-0.4, -0.2) is 85.1 Å². The predicted molar refractivity (Wildman–Crippen MR) is 162 cm³/mol. The standard InChI is InChI=1S/C31H42N6O2S/c1-35(2)22-9-11-24(12-10-22)39-30-29-28-21(19-26(32)38)6-13-25(28)40-31(29)34-27(33-30)18-20-4-7-23(8-5-20)37-16-14-36(3)15-17-37/h4-5,7-8,21-22,24H,6,9-19H2,1-3H3,(H2,32,38)/t21-,22?,24?/m1/s1. The van der Waals surface area contributed by atoms with Crippen LogP contribution in [0.15, 0.2) is 24.3 Å². The van der Waals surface area contributed by atoms with Gasteiger partial charge in [0, 0.05) is 55.6 Å². The number of thiophene rings is 1. The minimum atomic E-state index is -0.251. The number of benzene rings is 1. The average Bonchev–Trinajstić information content (AvgIpc) is 3.49. The number of hydrogen-bond acceptors (Lipinski definition) is 8. The molecule has 8 nitrogen and oxygen atoms in total. The molecule has 214 valence electrons. The van der Waals surface area contributed by atoms with Crippen LogP contribution in [0.1, 0.15) is 66.3 Å². The molecule has 1 atom stereocenters. The van der Waals surface area contributed by atoms with Gasteiger partial charge < -0.3 is 25.2 Å². The zero-order chi connectivity index (χ0) is 27.8. The van der Waals surface area contributed by atoms with E-state index < -0.39 is 0 Å². The van der Waals surface area contributed by atoms with E-state index >= 15 is 0 Å². The van der Waals surface area contributed by atoms with Crippen molar-refractivity contribution in [3.8, 4) is 5.88 Å². The number of carbonyl (C=O) groups is 1. The van der Waals surface area contributed by atoms with Crippen molar-refractivity contribution in [1.82, 2.24) is 19.8 Å². The first-order valence-electron chi connectivity index (χ1n) is 14.8. The third kappa shape index (κ3) is 5.83. The number of amides is 1. The van der Waals surface area contributed by atoms with Crippen molar-refractivity contribution in [2.75, 3.05) is 52.2 Å². The number of nitrogens with zero attached hydrogens (tertiary/aromatic N) is 5. The maximum absolute atomic E-state index is 11.9. The maximum Gasteiger partial charge on any atom is 0.226 e. The Morgan fingerprint density at radius 3 is 2.45 bits per heavy atom. The van der Waals surface area contributed by atoms with Crippen molar-refractivity contribution in [3.05, 3.63) is 46.1 Å². The molecule has 2 aromatic heterocycles. The maximum atomic E-state index is 11.9. The molecule has 2 N–H and O–H groups in total. The molecule has 9 heteroatoms. The van der Waals surface area contributed by atoms with Crippen molar-refractivity contribution >= 4 is 33.1 Å². The number of fused-ring (bicyclic) bond motifs is 3. The zero-order valence-electron chi connectivity index (χ0n) is 24.1. The van der Waals surface area contributed by atoms with Crippen molar-refractivity contribution in [2.45, 2.75) is 69.4 Å². The molecule has 3 heterocycles. The van der Waals surface area contributed by atoms with E-state index in [1.807, 2.05) is 0 Å². The van der Waals surface area contributed by atoms with Crippen LogP contribution in [0.5, 0.6) is 5.88 Å². The first-order chi connectivity index (χ1) is 19.3. The molecular weight excluding hydrogens is 520 g/mol. The topological polar surface area (TPSA) is 87.8 Å². The van der Waals surface area contributed by atoms with E-state index in [9.17, 15) is 4.79 Å². The molecule has 1 aromatic carbocycles. The molecular formula is C31H42N6O2S. The number of aryl methyl sites for hydroxylation is 1. The molecule has 1 amide bonds. The van der Waals surface area contributed by atoms with E-state index in [2.05, 4.69) is 60.1 Å². The molecule has 0 unspecified atom stereocenters. The van der Waals surface area contributed by atoms with Crippen LogP contribution < -0.4 is 15.4 Å². The van der Waals surface area contributed by atoms with Crippen LogP contribution in [0, 0.1) is 0 Å². The summed E-state index contributed by atoms with van der Waals surface area (Å²) < 4.78 is 6.73. The second-order valence-electron chi connectivity index (χ2n) is 12.1. The fourth-order valence-corrected chi connectivity index (χ4v) is 7.95. The summed E-state index contributed by atoms with van der Waals surface area (Å²) in [6, 6.07) is 9.49. The highest BCUT2D eigenvalue weighted by Crippen LogP contribution is 2.47. The monoisotopic (exact) mass is 562 g/mol.